The zero-order valence-corrected chi connectivity index (χ0v) is 37.5. The van der Waals surface area contributed by atoms with E-state index in [1.807, 2.05) is 49.5 Å². The molecule has 0 aromatic carbocycles. The topological polar surface area (TPSA) is 299 Å². The number of rotatable bonds is 3. The molecule has 0 aromatic rings. The molecule has 364 valence electrons. The van der Waals surface area contributed by atoms with Crippen molar-refractivity contribution in [2.75, 3.05) is 0 Å². The monoisotopic (exact) mass is 910 g/mol. The van der Waals surface area contributed by atoms with Crippen LogP contribution in [0.3, 0.4) is 0 Å². The lowest BCUT2D eigenvalue weighted by molar-refractivity contribution is -0.308. The van der Waals surface area contributed by atoms with Gasteiger partial charge < -0.3 is 75.7 Å². The number of carbonyl (C=O) groups is 2. The van der Waals surface area contributed by atoms with Crippen LogP contribution in [0.4, 0.5) is 0 Å². The molecule has 4 unspecified atom stereocenters. The average molecular weight is 910 g/mol. The molecule has 12 N–H and O–H groups in total. The molecular formula is C47H75NO16. The minimum absolute atomic E-state index is 0.0556. The van der Waals surface area contributed by atoms with Gasteiger partial charge in [-0.25, -0.2) is 0 Å². The third kappa shape index (κ3) is 18.6. The average Bonchev–Trinajstić information content (AvgIpc) is 3.20. The Balaban J connectivity index is 1.81. The van der Waals surface area contributed by atoms with Crippen LogP contribution in [-0.4, -0.2) is 154 Å². The van der Waals surface area contributed by atoms with Gasteiger partial charge in [-0.1, -0.05) is 86.8 Å². The number of fused-ring (bicyclic) bond motifs is 2. The second-order valence-corrected chi connectivity index (χ2v) is 17.7. The summed E-state index contributed by atoms with van der Waals surface area (Å²) in [5, 5.41) is 107. The van der Waals surface area contributed by atoms with Crippen molar-refractivity contribution in [2.24, 2.45) is 23.5 Å². The van der Waals surface area contributed by atoms with E-state index in [0.29, 0.717) is 0 Å². The molecule has 0 aromatic heterocycles. The van der Waals surface area contributed by atoms with Gasteiger partial charge >= 0.3 is 11.9 Å². The van der Waals surface area contributed by atoms with Crippen LogP contribution in [0, 0.1) is 17.8 Å². The maximum atomic E-state index is 12.6. The predicted molar refractivity (Wildman–Crippen MR) is 236 cm³/mol. The van der Waals surface area contributed by atoms with Crippen molar-refractivity contribution in [1.82, 2.24) is 0 Å². The Kier molecular flexibility index (Phi) is 23.7. The molecule has 3 rings (SSSR count). The third-order valence-corrected chi connectivity index (χ3v) is 12.1. The number of hydrogen-bond acceptors (Lipinski definition) is 16. The van der Waals surface area contributed by atoms with Gasteiger partial charge in [-0.15, -0.1) is 0 Å². The van der Waals surface area contributed by atoms with Crippen molar-refractivity contribution in [2.45, 2.75) is 190 Å². The molecule has 0 amide bonds. The number of carboxylic acids is 1. The Morgan fingerprint density at radius 3 is 1.98 bits per heavy atom. The van der Waals surface area contributed by atoms with Gasteiger partial charge in [0.2, 0.25) is 0 Å². The Morgan fingerprint density at radius 2 is 1.31 bits per heavy atom. The zero-order valence-electron chi connectivity index (χ0n) is 37.5. The third-order valence-electron chi connectivity index (χ3n) is 12.1. The van der Waals surface area contributed by atoms with Gasteiger partial charge in [0.1, 0.15) is 18.1 Å². The highest BCUT2D eigenvalue weighted by molar-refractivity contribution is 5.71. The first-order chi connectivity index (χ1) is 30.2. The molecule has 3 heterocycles. The number of cyclic esters (lactones) is 1. The highest BCUT2D eigenvalue weighted by atomic mass is 16.7. The molecule has 3 aliphatic heterocycles. The highest BCUT2D eigenvalue weighted by Crippen LogP contribution is 2.38. The number of nitrogens with two attached hydrogens (primary N) is 1. The van der Waals surface area contributed by atoms with Crippen molar-refractivity contribution in [3.63, 3.8) is 0 Å². The lowest BCUT2D eigenvalue weighted by Crippen LogP contribution is -2.61. The summed E-state index contributed by atoms with van der Waals surface area (Å²) in [6, 6.07) is -1.12. The summed E-state index contributed by atoms with van der Waals surface area (Å²) in [6.45, 7) is 6.85. The van der Waals surface area contributed by atoms with Crippen molar-refractivity contribution in [3.05, 3.63) is 72.9 Å². The molecule has 17 heteroatoms. The number of aliphatic hydroxyl groups excluding tert-OH is 8. The van der Waals surface area contributed by atoms with E-state index in [4.69, 9.17) is 24.7 Å². The van der Waals surface area contributed by atoms with Gasteiger partial charge in [0.25, 0.3) is 0 Å². The van der Waals surface area contributed by atoms with Crippen LogP contribution in [0.1, 0.15) is 98.3 Å². The summed E-state index contributed by atoms with van der Waals surface area (Å²) >= 11 is 0. The van der Waals surface area contributed by atoms with Gasteiger partial charge in [0.05, 0.1) is 73.5 Å². The fourth-order valence-electron chi connectivity index (χ4n) is 8.15. The van der Waals surface area contributed by atoms with E-state index < -0.39 is 134 Å². The second kappa shape index (κ2) is 27.5. The summed E-state index contributed by atoms with van der Waals surface area (Å²) in [7, 11) is 0. The number of hydrogen-bond donors (Lipinski definition) is 11. The minimum Gasteiger partial charge on any atom is -0.481 e. The molecule has 17 nitrogen and oxygen atoms in total. The first-order valence-electron chi connectivity index (χ1n) is 22.5. The number of allylic oxidation sites excluding steroid dienone is 10. The molecule has 2 fully saturated rings. The number of carboxylic acid groups (broad SMARTS) is 1. The Labute approximate surface area is 376 Å². The van der Waals surface area contributed by atoms with Crippen LogP contribution in [-0.2, 0) is 28.5 Å². The lowest BCUT2D eigenvalue weighted by atomic mass is 9.83. The van der Waals surface area contributed by atoms with Gasteiger partial charge in [-0.2, -0.15) is 0 Å². The molecule has 0 radical (unpaired) electrons. The molecule has 64 heavy (non-hydrogen) atoms. The van der Waals surface area contributed by atoms with Crippen molar-refractivity contribution >= 4 is 11.9 Å². The van der Waals surface area contributed by atoms with E-state index >= 15 is 0 Å². The van der Waals surface area contributed by atoms with Crippen LogP contribution in [0.5, 0.6) is 0 Å². The van der Waals surface area contributed by atoms with E-state index in [1.165, 1.54) is 0 Å². The molecule has 2 bridgehead atoms. The summed E-state index contributed by atoms with van der Waals surface area (Å²) in [5.41, 5.74) is 6.03. The summed E-state index contributed by atoms with van der Waals surface area (Å²) < 4.78 is 23.3. The van der Waals surface area contributed by atoms with Gasteiger partial charge in [0, 0.05) is 31.1 Å². The molecule has 3 aliphatic rings. The summed E-state index contributed by atoms with van der Waals surface area (Å²) in [6.07, 6.45) is 6.74. The number of carbonyl (C=O) groups excluding carboxylic acids is 1. The SMILES string of the molecule is C[C@@H]1[C@H](O)[C@@H](C)/C=C/C=C/CC/C=C/C=C/C=C/C=C/[C@H](O[C@@H]2O[C@H](C)[C@@H](O)[C@H](N)[C@@H]2O)C[C@@H]2OC(O)(CC(O)CCCC(O)C[C@@H](O)CC(O)CC(=O)O[C@H]1C)C[C@H](O)[C@H]2C(=O)O. The van der Waals surface area contributed by atoms with Gasteiger partial charge in [-0.3, -0.25) is 9.59 Å². The fourth-order valence-corrected chi connectivity index (χ4v) is 8.15. The van der Waals surface area contributed by atoms with Gasteiger partial charge in [-0.05, 0) is 58.8 Å². The highest BCUT2D eigenvalue weighted by Gasteiger charge is 2.50. The number of aliphatic carboxylic acids is 1. The maximum Gasteiger partial charge on any atom is 0.311 e. The predicted octanol–water partition coefficient (Wildman–Crippen LogP) is 1.96. The van der Waals surface area contributed by atoms with Gasteiger partial charge in [0.15, 0.2) is 12.1 Å². The van der Waals surface area contributed by atoms with Crippen molar-refractivity contribution in [3.8, 4) is 0 Å². The van der Waals surface area contributed by atoms with E-state index in [-0.39, 0.29) is 44.4 Å². The van der Waals surface area contributed by atoms with Crippen LogP contribution in [0.25, 0.3) is 0 Å². The molecular weight excluding hydrogens is 835 g/mol. The summed E-state index contributed by atoms with van der Waals surface area (Å²) in [4.78, 5) is 25.1. The first-order valence-corrected chi connectivity index (χ1v) is 22.5. The minimum atomic E-state index is -2.17. The van der Waals surface area contributed by atoms with E-state index in [0.717, 1.165) is 12.8 Å². The quantitative estimate of drug-likeness (QED) is 0.180. The van der Waals surface area contributed by atoms with Crippen LogP contribution in [0.15, 0.2) is 72.9 Å². The smallest absolute Gasteiger partial charge is 0.311 e. The molecule has 18 atom stereocenters. The second-order valence-electron chi connectivity index (χ2n) is 17.7. The summed E-state index contributed by atoms with van der Waals surface area (Å²) in [5.74, 6) is -6.45. The molecule has 2 saturated heterocycles. The normalized spacial score (nSPS) is 44.6. The largest absolute Gasteiger partial charge is 0.481 e. The standard InChI is InChI=1S/C47H75NO16/c1-28-18-15-13-11-9-7-5-6-8-10-12-14-16-21-36(63-46-44(57)41(48)43(56)31(4)62-46)25-38-40(45(58)59)37(53)27-47(60,64-38)26-33(50)20-17-19-32(49)22-34(51)23-35(52)24-39(54)61-30(3)29(2)42(28)55/h5-6,8,10-16,18,21,28-38,40-44,46,49-53,55-57,60H,7,9,17,19-20,22-27,48H2,1-4H3,(H,58,59)/b6-5+,10-8+,13-11+,14-12+,18-15+,21-16+/t28-,29-,30-,31+,32?,33?,34+,35?,36-,37-,38-,40+,41-,42+,43+,44-,46-,47?/m0/s1. The fraction of sp³-hybridized carbons (Fsp3) is 0.702. The first kappa shape index (κ1) is 55.2. The number of esters is 1. The van der Waals surface area contributed by atoms with E-state index in [9.17, 15) is 60.7 Å². The van der Waals surface area contributed by atoms with Crippen LogP contribution < -0.4 is 5.73 Å². The van der Waals surface area contributed by atoms with Crippen LogP contribution in [0.2, 0.25) is 0 Å². The molecule has 0 saturated carbocycles. The Morgan fingerprint density at radius 1 is 0.719 bits per heavy atom. The number of ether oxygens (including phenoxy) is 4. The Hall–Kier alpha value is -3.14. The lowest BCUT2D eigenvalue weighted by Gasteiger charge is -2.45. The van der Waals surface area contributed by atoms with Crippen molar-refractivity contribution < 1.29 is 79.6 Å². The van der Waals surface area contributed by atoms with Crippen molar-refractivity contribution in [1.29, 1.82) is 0 Å². The van der Waals surface area contributed by atoms with E-state index in [2.05, 4.69) is 0 Å². The van der Waals surface area contributed by atoms with Crippen LogP contribution >= 0.6 is 0 Å². The Bertz CT molecular complexity index is 1580. The van der Waals surface area contributed by atoms with E-state index in [1.54, 1.807) is 51.2 Å². The maximum absolute atomic E-state index is 12.6. The molecule has 0 spiro atoms. The zero-order chi connectivity index (χ0) is 47.6. The molecule has 0 aliphatic carbocycles. The number of aliphatic hydroxyl groups is 9.